The number of azo groups is 1. The van der Waals surface area contributed by atoms with Crippen LogP contribution in [0.4, 0.5) is 11.6 Å². The molecule has 0 saturated carbocycles. The van der Waals surface area contributed by atoms with Crippen LogP contribution in [-0.2, 0) is 11.3 Å². The summed E-state index contributed by atoms with van der Waals surface area (Å²) in [6, 6.07) is 16.1. The van der Waals surface area contributed by atoms with Gasteiger partial charge < -0.3 is 14.6 Å². The molecule has 0 unspecified atom stereocenters. The summed E-state index contributed by atoms with van der Waals surface area (Å²) >= 11 is 0. The van der Waals surface area contributed by atoms with Gasteiger partial charge in [-0.1, -0.05) is 12.1 Å². The van der Waals surface area contributed by atoms with Crippen LogP contribution in [0.15, 0.2) is 77.3 Å². The lowest BCUT2D eigenvalue weighted by molar-refractivity contribution is 0.122. The average Bonchev–Trinajstić information content (AvgIpc) is 3.51. The number of anilines is 1. The lowest BCUT2D eigenvalue weighted by atomic mass is 10.2. The maximum atomic E-state index is 5.54. The van der Waals surface area contributed by atoms with E-state index in [9.17, 15) is 0 Å². The minimum Gasteiger partial charge on any atom is -0.378 e. The van der Waals surface area contributed by atoms with Gasteiger partial charge in [0.25, 0.3) is 0 Å². The fourth-order valence-corrected chi connectivity index (χ4v) is 4.06. The molecule has 6 rings (SSSR count). The van der Waals surface area contributed by atoms with Crippen LogP contribution >= 0.6 is 0 Å². The van der Waals surface area contributed by atoms with Crippen molar-refractivity contribution >= 4 is 28.2 Å². The summed E-state index contributed by atoms with van der Waals surface area (Å²) < 4.78 is 7.41. The zero-order valence-electron chi connectivity index (χ0n) is 17.9. The van der Waals surface area contributed by atoms with Crippen molar-refractivity contribution in [2.24, 2.45) is 10.2 Å². The number of aromatic nitrogens is 5. The summed E-state index contributed by atoms with van der Waals surface area (Å²) in [7, 11) is 0. The van der Waals surface area contributed by atoms with Crippen molar-refractivity contribution in [1.29, 1.82) is 0 Å². The fourth-order valence-electron chi connectivity index (χ4n) is 4.06. The molecule has 9 heteroatoms. The fraction of sp³-hybridized carbons (Fsp3) is 0.208. The molecule has 4 aromatic heterocycles. The van der Waals surface area contributed by atoms with Crippen LogP contribution in [0.5, 0.6) is 0 Å². The zero-order valence-corrected chi connectivity index (χ0v) is 17.9. The molecule has 164 valence electrons. The van der Waals surface area contributed by atoms with E-state index in [0.29, 0.717) is 25.6 Å². The van der Waals surface area contributed by atoms with Crippen molar-refractivity contribution in [2.45, 2.75) is 6.54 Å². The van der Waals surface area contributed by atoms with Gasteiger partial charge in [-0.3, -0.25) is 4.98 Å². The van der Waals surface area contributed by atoms with Crippen LogP contribution in [0, 0.1) is 0 Å². The molecule has 0 aliphatic carbocycles. The monoisotopic (exact) mass is 438 g/mol. The Kier molecular flexibility index (Phi) is 5.00. The molecule has 5 heterocycles. The summed E-state index contributed by atoms with van der Waals surface area (Å²) in [5.74, 6) is 1.50. The normalized spacial score (nSPS) is 14.6. The van der Waals surface area contributed by atoms with Crippen molar-refractivity contribution in [3.8, 4) is 11.3 Å². The standard InChI is InChI=1S/C24H22N8O/c1-2-18-5-8-26-20(18)13-17(1)16-27-29-22-15-24(31-9-11-33-12-10-31)32-23(28-22)14-21(30-32)19-3-6-25-7-4-19/h1-8,13-15,26H,9-12,16H2. The molecule has 0 spiro atoms. The van der Waals surface area contributed by atoms with Crippen molar-refractivity contribution in [3.63, 3.8) is 0 Å². The number of hydrogen-bond acceptors (Lipinski definition) is 7. The van der Waals surface area contributed by atoms with Crippen LogP contribution < -0.4 is 4.90 Å². The molecular formula is C24H22N8O. The molecule has 1 N–H and O–H groups in total. The third kappa shape index (κ3) is 3.94. The van der Waals surface area contributed by atoms with Gasteiger partial charge in [-0.25, -0.2) is 4.98 Å². The van der Waals surface area contributed by atoms with E-state index in [1.54, 1.807) is 12.4 Å². The van der Waals surface area contributed by atoms with E-state index in [2.05, 4.69) is 49.4 Å². The molecule has 0 atom stereocenters. The van der Waals surface area contributed by atoms with Crippen LogP contribution in [0.3, 0.4) is 0 Å². The van der Waals surface area contributed by atoms with Gasteiger partial charge in [-0.05, 0) is 35.2 Å². The number of ether oxygens (including phenoxy) is 1. The summed E-state index contributed by atoms with van der Waals surface area (Å²) in [6.07, 6.45) is 5.47. The van der Waals surface area contributed by atoms with E-state index in [1.165, 1.54) is 5.39 Å². The first-order chi connectivity index (χ1) is 16.3. The van der Waals surface area contributed by atoms with Crippen molar-refractivity contribution in [2.75, 3.05) is 31.2 Å². The van der Waals surface area contributed by atoms with Gasteiger partial charge in [0.2, 0.25) is 0 Å². The number of pyridine rings is 1. The molecule has 1 aliphatic rings. The van der Waals surface area contributed by atoms with Crippen molar-refractivity contribution in [3.05, 3.63) is 72.7 Å². The summed E-state index contributed by atoms with van der Waals surface area (Å²) in [5.41, 5.74) is 4.75. The molecule has 1 fully saturated rings. The largest absolute Gasteiger partial charge is 0.378 e. The molecule has 1 aliphatic heterocycles. The molecule has 1 saturated heterocycles. The van der Waals surface area contributed by atoms with Crippen LogP contribution in [0.1, 0.15) is 5.56 Å². The number of H-pyrrole nitrogens is 1. The van der Waals surface area contributed by atoms with Crippen molar-refractivity contribution < 1.29 is 4.74 Å². The number of aromatic amines is 1. The number of hydrogen-bond donors (Lipinski definition) is 1. The number of fused-ring (bicyclic) bond motifs is 2. The highest BCUT2D eigenvalue weighted by atomic mass is 16.5. The highest BCUT2D eigenvalue weighted by Crippen LogP contribution is 2.27. The van der Waals surface area contributed by atoms with Crippen LogP contribution in [0.25, 0.3) is 27.8 Å². The molecule has 33 heavy (non-hydrogen) atoms. The maximum Gasteiger partial charge on any atom is 0.179 e. The first kappa shape index (κ1) is 19.6. The molecule has 1 aromatic carbocycles. The number of nitrogens with zero attached hydrogens (tertiary/aromatic N) is 7. The highest BCUT2D eigenvalue weighted by molar-refractivity contribution is 5.79. The number of nitrogens with one attached hydrogen (secondary N) is 1. The molecule has 0 radical (unpaired) electrons. The van der Waals surface area contributed by atoms with E-state index in [0.717, 1.165) is 46.9 Å². The third-order valence-electron chi connectivity index (χ3n) is 5.75. The molecule has 9 nitrogen and oxygen atoms in total. The Hall–Kier alpha value is -4.11. The van der Waals surface area contributed by atoms with Crippen LogP contribution in [-0.4, -0.2) is 50.9 Å². The summed E-state index contributed by atoms with van der Waals surface area (Å²) in [6.45, 7) is 3.42. The van der Waals surface area contributed by atoms with Gasteiger partial charge in [0.05, 0.1) is 25.5 Å². The number of rotatable bonds is 5. The third-order valence-corrected chi connectivity index (χ3v) is 5.75. The van der Waals surface area contributed by atoms with Gasteiger partial charge in [0.15, 0.2) is 11.5 Å². The molecule has 0 amide bonds. The van der Waals surface area contributed by atoms with E-state index in [1.807, 2.05) is 35.0 Å². The minimum atomic E-state index is 0.482. The molecular weight excluding hydrogens is 416 g/mol. The second-order valence-electron chi connectivity index (χ2n) is 7.91. The highest BCUT2D eigenvalue weighted by Gasteiger charge is 2.18. The summed E-state index contributed by atoms with van der Waals surface area (Å²) in [5, 5.41) is 14.9. The first-order valence-corrected chi connectivity index (χ1v) is 10.9. The maximum absolute atomic E-state index is 5.54. The van der Waals surface area contributed by atoms with Gasteiger partial charge in [0.1, 0.15) is 5.82 Å². The Bertz CT molecular complexity index is 1430. The second kappa shape index (κ2) is 8.44. The van der Waals surface area contributed by atoms with E-state index in [-0.39, 0.29) is 0 Å². The van der Waals surface area contributed by atoms with Crippen LogP contribution in [0.2, 0.25) is 0 Å². The van der Waals surface area contributed by atoms with Gasteiger partial charge in [-0.15, -0.1) is 5.11 Å². The predicted octanol–water partition coefficient (Wildman–Crippen LogP) is 4.39. The Morgan fingerprint density at radius 3 is 2.76 bits per heavy atom. The van der Waals surface area contributed by atoms with Gasteiger partial charge >= 0.3 is 0 Å². The Morgan fingerprint density at radius 2 is 1.88 bits per heavy atom. The lowest BCUT2D eigenvalue weighted by Gasteiger charge is -2.28. The topological polar surface area (TPSA) is 96.1 Å². The van der Waals surface area contributed by atoms with E-state index in [4.69, 9.17) is 14.8 Å². The smallest absolute Gasteiger partial charge is 0.179 e. The Balaban J connectivity index is 1.34. The predicted molar refractivity (Wildman–Crippen MR) is 126 cm³/mol. The lowest BCUT2D eigenvalue weighted by Crippen LogP contribution is -2.37. The quantitative estimate of drug-likeness (QED) is 0.411. The average molecular weight is 438 g/mol. The van der Waals surface area contributed by atoms with E-state index < -0.39 is 0 Å². The number of morpholine rings is 1. The van der Waals surface area contributed by atoms with Crippen molar-refractivity contribution in [1.82, 2.24) is 24.6 Å². The number of benzene rings is 1. The minimum absolute atomic E-state index is 0.482. The zero-order chi connectivity index (χ0) is 22.0. The second-order valence-corrected chi connectivity index (χ2v) is 7.91. The Morgan fingerprint density at radius 1 is 1.00 bits per heavy atom. The van der Waals surface area contributed by atoms with E-state index >= 15 is 0 Å². The Labute approximate surface area is 189 Å². The molecule has 0 bridgehead atoms. The molecule has 5 aromatic rings. The van der Waals surface area contributed by atoms with Gasteiger partial charge in [0, 0.05) is 54.9 Å². The first-order valence-electron chi connectivity index (χ1n) is 10.9. The summed E-state index contributed by atoms with van der Waals surface area (Å²) in [4.78, 5) is 14.3. The van der Waals surface area contributed by atoms with Gasteiger partial charge in [-0.2, -0.15) is 14.7 Å². The SMILES string of the molecule is c1cc(-c2cc3nc(N=NCc4ccc5cc[nH]c5c4)cc(N4CCOCC4)n3n2)ccn1.